The number of rotatable bonds is 10. The van der Waals surface area contributed by atoms with Crippen LogP contribution in [0, 0.1) is 5.92 Å². The van der Waals surface area contributed by atoms with Crippen LogP contribution in [-0.2, 0) is 16.1 Å². The third-order valence-corrected chi connectivity index (χ3v) is 5.14. The van der Waals surface area contributed by atoms with Gasteiger partial charge in [0.1, 0.15) is 5.75 Å². The average molecular weight is 532 g/mol. The van der Waals surface area contributed by atoms with E-state index in [0.717, 1.165) is 62.7 Å². The molecule has 1 saturated heterocycles. The molecule has 0 saturated carbocycles. The van der Waals surface area contributed by atoms with E-state index in [1.54, 1.807) is 14.2 Å². The molecule has 0 radical (unpaired) electrons. The van der Waals surface area contributed by atoms with Gasteiger partial charge < -0.3 is 25.0 Å². The van der Waals surface area contributed by atoms with Crippen molar-refractivity contribution in [2.45, 2.75) is 39.2 Å². The van der Waals surface area contributed by atoms with Crippen molar-refractivity contribution >= 4 is 35.8 Å². The number of carbonyl (C=O) groups is 1. The Hall–Kier alpha value is -1.55. The second-order valence-electron chi connectivity index (χ2n) is 7.30. The van der Waals surface area contributed by atoms with Crippen LogP contribution in [0.15, 0.2) is 29.3 Å². The molecule has 2 rings (SSSR count). The van der Waals surface area contributed by atoms with Crippen LogP contribution in [-0.4, -0.2) is 63.7 Å². The second kappa shape index (κ2) is 15.3. The molecular formula is C22H37IN4O3. The molecule has 0 spiro atoms. The third-order valence-electron chi connectivity index (χ3n) is 5.14. The van der Waals surface area contributed by atoms with E-state index < -0.39 is 0 Å². The van der Waals surface area contributed by atoms with Crippen molar-refractivity contribution in [1.82, 2.24) is 15.5 Å². The van der Waals surface area contributed by atoms with E-state index in [9.17, 15) is 4.79 Å². The summed E-state index contributed by atoms with van der Waals surface area (Å²) in [5.74, 6) is 2.44. The van der Waals surface area contributed by atoms with Crippen LogP contribution in [0.2, 0.25) is 0 Å². The van der Waals surface area contributed by atoms with Gasteiger partial charge in [0.25, 0.3) is 0 Å². The molecule has 1 aliphatic heterocycles. The Bertz CT molecular complexity index is 632. The number of carbonyl (C=O) groups excluding carboxylic acids is 1. The molecule has 1 aliphatic rings. The number of likely N-dealkylation sites (tertiary alicyclic amines) is 1. The summed E-state index contributed by atoms with van der Waals surface area (Å²) >= 11 is 0. The van der Waals surface area contributed by atoms with Crippen LogP contribution in [0.4, 0.5) is 0 Å². The number of ether oxygens (including phenoxy) is 2. The molecule has 1 fully saturated rings. The van der Waals surface area contributed by atoms with E-state index in [0.29, 0.717) is 25.6 Å². The van der Waals surface area contributed by atoms with Gasteiger partial charge in [0.05, 0.1) is 13.7 Å². The zero-order valence-corrected chi connectivity index (χ0v) is 20.8. The number of halogens is 1. The van der Waals surface area contributed by atoms with Gasteiger partial charge in [-0.25, -0.2) is 0 Å². The number of benzene rings is 1. The number of nitrogens with zero attached hydrogens (tertiary/aromatic N) is 2. The van der Waals surface area contributed by atoms with Crippen LogP contribution in [0.3, 0.4) is 0 Å². The predicted molar refractivity (Wildman–Crippen MR) is 132 cm³/mol. The Morgan fingerprint density at radius 1 is 1.23 bits per heavy atom. The van der Waals surface area contributed by atoms with Gasteiger partial charge in [-0.1, -0.05) is 12.1 Å². The first-order valence-corrected chi connectivity index (χ1v) is 10.6. The smallest absolute Gasteiger partial charge is 0.220 e. The Morgan fingerprint density at radius 3 is 2.53 bits per heavy atom. The van der Waals surface area contributed by atoms with Gasteiger partial charge in [-0.2, -0.15) is 0 Å². The highest BCUT2D eigenvalue weighted by Crippen LogP contribution is 2.20. The van der Waals surface area contributed by atoms with Gasteiger partial charge >= 0.3 is 0 Å². The number of piperidine rings is 1. The van der Waals surface area contributed by atoms with Gasteiger partial charge in [0.15, 0.2) is 5.96 Å². The molecule has 8 heteroatoms. The molecule has 1 aromatic carbocycles. The third kappa shape index (κ3) is 9.51. The molecule has 170 valence electrons. The molecule has 1 heterocycles. The van der Waals surface area contributed by atoms with Crippen LogP contribution in [0.5, 0.6) is 5.75 Å². The van der Waals surface area contributed by atoms with Crippen molar-refractivity contribution < 1.29 is 14.3 Å². The highest BCUT2D eigenvalue weighted by atomic mass is 127. The lowest BCUT2D eigenvalue weighted by molar-refractivity contribution is -0.121. The number of aliphatic imine (C=N–C) groups is 1. The number of guanidine groups is 1. The van der Waals surface area contributed by atoms with Crippen molar-refractivity contribution in [2.24, 2.45) is 10.9 Å². The summed E-state index contributed by atoms with van der Waals surface area (Å²) in [4.78, 5) is 18.6. The van der Waals surface area contributed by atoms with Gasteiger partial charge in [-0.15, -0.1) is 24.0 Å². The van der Waals surface area contributed by atoms with Crippen LogP contribution < -0.4 is 15.4 Å². The molecule has 7 nitrogen and oxygen atoms in total. The maximum Gasteiger partial charge on any atom is 0.220 e. The lowest BCUT2D eigenvalue weighted by Gasteiger charge is -2.34. The lowest BCUT2D eigenvalue weighted by Crippen LogP contribution is -2.46. The lowest BCUT2D eigenvalue weighted by atomic mass is 9.93. The SMILES string of the molecule is CCNC(=NCCCOCc1ccc(OC)cc1)N1CCC(CC(=O)NC)CC1.I. The van der Waals surface area contributed by atoms with Crippen molar-refractivity contribution in [2.75, 3.05) is 46.9 Å². The Kier molecular flexibility index (Phi) is 13.5. The van der Waals surface area contributed by atoms with Gasteiger partial charge in [-0.3, -0.25) is 9.79 Å². The van der Waals surface area contributed by atoms with Gasteiger partial charge in [-0.05, 0) is 49.8 Å². The molecule has 1 aromatic rings. The number of methoxy groups -OCH3 is 1. The molecule has 0 bridgehead atoms. The highest BCUT2D eigenvalue weighted by Gasteiger charge is 2.22. The predicted octanol–water partition coefficient (Wildman–Crippen LogP) is 3.03. The van der Waals surface area contributed by atoms with Crippen LogP contribution >= 0.6 is 24.0 Å². The number of amides is 1. The van der Waals surface area contributed by atoms with Gasteiger partial charge in [0.2, 0.25) is 5.91 Å². The first-order valence-electron chi connectivity index (χ1n) is 10.6. The summed E-state index contributed by atoms with van der Waals surface area (Å²) in [6, 6.07) is 7.94. The largest absolute Gasteiger partial charge is 0.497 e. The standard InChI is InChI=1S/C22H36N4O3.HI/c1-4-24-22(26-13-10-18(11-14-26)16-21(27)23-2)25-12-5-15-29-17-19-6-8-20(28-3)9-7-19;/h6-9,18H,4-5,10-17H2,1-3H3,(H,23,27)(H,24,25);1H. The fraction of sp³-hybridized carbons (Fsp3) is 0.636. The molecule has 0 aromatic heterocycles. The minimum atomic E-state index is 0. The van der Waals surface area contributed by atoms with Crippen LogP contribution in [0.25, 0.3) is 0 Å². The topological polar surface area (TPSA) is 75.2 Å². The van der Waals surface area contributed by atoms with Crippen molar-refractivity contribution in [1.29, 1.82) is 0 Å². The molecule has 0 aliphatic carbocycles. The Balaban J connectivity index is 0.00000450. The highest BCUT2D eigenvalue weighted by molar-refractivity contribution is 14.0. The minimum absolute atomic E-state index is 0. The normalized spacial score (nSPS) is 14.8. The maximum atomic E-state index is 11.6. The van der Waals surface area contributed by atoms with E-state index in [1.807, 2.05) is 24.3 Å². The molecule has 1 amide bonds. The van der Waals surface area contributed by atoms with Crippen molar-refractivity contribution in [3.8, 4) is 5.75 Å². The summed E-state index contributed by atoms with van der Waals surface area (Å²) in [5.41, 5.74) is 1.14. The first kappa shape index (κ1) is 26.5. The minimum Gasteiger partial charge on any atom is -0.497 e. The zero-order chi connectivity index (χ0) is 20.9. The monoisotopic (exact) mass is 532 g/mol. The van der Waals surface area contributed by atoms with E-state index in [4.69, 9.17) is 14.5 Å². The average Bonchev–Trinajstić information content (AvgIpc) is 2.76. The van der Waals surface area contributed by atoms with Crippen LogP contribution in [0.1, 0.15) is 38.2 Å². The van der Waals surface area contributed by atoms with E-state index >= 15 is 0 Å². The molecule has 0 unspecified atom stereocenters. The number of hydrogen-bond acceptors (Lipinski definition) is 4. The summed E-state index contributed by atoms with van der Waals surface area (Å²) < 4.78 is 10.9. The summed E-state index contributed by atoms with van der Waals surface area (Å²) in [6.45, 7) is 6.86. The zero-order valence-electron chi connectivity index (χ0n) is 18.5. The van der Waals surface area contributed by atoms with Crippen molar-refractivity contribution in [3.63, 3.8) is 0 Å². The fourth-order valence-corrected chi connectivity index (χ4v) is 3.40. The molecule has 2 N–H and O–H groups in total. The molecule has 0 atom stereocenters. The Labute approximate surface area is 198 Å². The Morgan fingerprint density at radius 2 is 1.93 bits per heavy atom. The van der Waals surface area contributed by atoms with E-state index in [2.05, 4.69) is 22.5 Å². The van der Waals surface area contributed by atoms with Gasteiger partial charge in [0, 0.05) is 46.3 Å². The summed E-state index contributed by atoms with van der Waals surface area (Å²) in [5, 5.41) is 6.11. The maximum absolute atomic E-state index is 11.6. The second-order valence-corrected chi connectivity index (χ2v) is 7.30. The molecule has 30 heavy (non-hydrogen) atoms. The summed E-state index contributed by atoms with van der Waals surface area (Å²) in [7, 11) is 3.37. The fourth-order valence-electron chi connectivity index (χ4n) is 3.40. The van der Waals surface area contributed by atoms with Crippen molar-refractivity contribution in [3.05, 3.63) is 29.8 Å². The number of hydrogen-bond donors (Lipinski definition) is 2. The molecular weight excluding hydrogens is 495 g/mol. The first-order chi connectivity index (χ1) is 14.2. The quantitative estimate of drug-likeness (QED) is 0.210. The summed E-state index contributed by atoms with van der Waals surface area (Å²) in [6.07, 6.45) is 3.58. The number of nitrogens with one attached hydrogen (secondary N) is 2. The van der Waals surface area contributed by atoms with E-state index in [-0.39, 0.29) is 29.9 Å². The van der Waals surface area contributed by atoms with E-state index in [1.165, 1.54) is 0 Å².